The summed E-state index contributed by atoms with van der Waals surface area (Å²) in [5.74, 6) is -2.01. The van der Waals surface area contributed by atoms with E-state index in [0.29, 0.717) is 0 Å². The molecule has 0 aliphatic carbocycles. The van der Waals surface area contributed by atoms with Gasteiger partial charge in [0.15, 0.2) is 11.4 Å². The van der Waals surface area contributed by atoms with Crippen molar-refractivity contribution in [2.45, 2.75) is 58.3 Å². The second kappa shape index (κ2) is 10.7. The number of carboxylic acids is 1. The molecule has 122 valence electrons. The van der Waals surface area contributed by atoms with Gasteiger partial charge in [0.25, 0.3) is 0 Å². The van der Waals surface area contributed by atoms with Gasteiger partial charge >= 0.3 is 11.9 Å². The summed E-state index contributed by atoms with van der Waals surface area (Å²) in [4.78, 5) is 30.1. The van der Waals surface area contributed by atoms with Crippen molar-refractivity contribution in [3.05, 3.63) is 23.8 Å². The zero-order valence-corrected chi connectivity index (χ0v) is 13.1. The summed E-state index contributed by atoms with van der Waals surface area (Å²) in [5, 5.41) is 8.93. The van der Waals surface area contributed by atoms with Gasteiger partial charge in [-0.3, -0.25) is 0 Å². The number of aromatic carboxylic acids is 1. The average molecular weight is 308 g/mol. The van der Waals surface area contributed by atoms with Crippen LogP contribution in [0.15, 0.2) is 12.4 Å². The topological polar surface area (TPSA) is 89.4 Å². The van der Waals surface area contributed by atoms with E-state index in [-0.39, 0.29) is 18.0 Å². The Morgan fingerprint density at radius 1 is 0.955 bits per heavy atom. The Labute approximate surface area is 130 Å². The zero-order valence-electron chi connectivity index (χ0n) is 13.1. The number of esters is 1. The predicted octanol–water partition coefficient (Wildman–Crippen LogP) is 3.47. The van der Waals surface area contributed by atoms with Crippen LogP contribution in [-0.4, -0.2) is 33.6 Å². The number of carboxylic acid groups (broad SMARTS) is 1. The summed E-state index contributed by atoms with van der Waals surface area (Å²) in [6.45, 7) is 2.48. The number of ether oxygens (including phenoxy) is 1. The highest BCUT2D eigenvalue weighted by Gasteiger charge is 2.20. The molecule has 1 heterocycles. The molecule has 0 atom stereocenters. The fourth-order valence-corrected chi connectivity index (χ4v) is 2.11. The number of aromatic nitrogens is 2. The number of carbonyl (C=O) groups is 2. The maximum absolute atomic E-state index is 11.8. The Morgan fingerprint density at radius 2 is 1.50 bits per heavy atom. The normalized spacial score (nSPS) is 10.4. The van der Waals surface area contributed by atoms with Gasteiger partial charge in [-0.25, -0.2) is 19.6 Å². The number of rotatable bonds is 11. The minimum absolute atomic E-state index is 0.241. The van der Waals surface area contributed by atoms with Crippen molar-refractivity contribution in [2.24, 2.45) is 0 Å². The van der Waals surface area contributed by atoms with Crippen LogP contribution in [-0.2, 0) is 4.74 Å². The van der Waals surface area contributed by atoms with E-state index in [1.807, 2.05) is 0 Å². The van der Waals surface area contributed by atoms with Crippen LogP contribution < -0.4 is 0 Å². The lowest BCUT2D eigenvalue weighted by Crippen LogP contribution is -2.15. The third kappa shape index (κ3) is 6.65. The van der Waals surface area contributed by atoms with Crippen LogP contribution in [0.2, 0.25) is 0 Å². The lowest BCUT2D eigenvalue weighted by atomic mass is 10.1. The highest BCUT2D eigenvalue weighted by atomic mass is 16.5. The molecule has 22 heavy (non-hydrogen) atoms. The largest absolute Gasteiger partial charge is 0.476 e. The van der Waals surface area contributed by atoms with Crippen molar-refractivity contribution in [1.82, 2.24) is 9.97 Å². The molecule has 1 N–H and O–H groups in total. The van der Waals surface area contributed by atoms with Gasteiger partial charge in [0.2, 0.25) is 0 Å². The summed E-state index contributed by atoms with van der Waals surface area (Å²) in [6, 6.07) is 0. The lowest BCUT2D eigenvalue weighted by molar-refractivity contribution is 0.0478. The Kier molecular flexibility index (Phi) is 8.79. The van der Waals surface area contributed by atoms with Crippen LogP contribution in [0.1, 0.15) is 79.3 Å². The van der Waals surface area contributed by atoms with Gasteiger partial charge in [-0.1, -0.05) is 51.9 Å². The van der Waals surface area contributed by atoms with Crippen LogP contribution in [0, 0.1) is 0 Å². The van der Waals surface area contributed by atoms with Crippen LogP contribution in [0.5, 0.6) is 0 Å². The molecule has 0 fully saturated rings. The minimum Gasteiger partial charge on any atom is -0.476 e. The van der Waals surface area contributed by atoms with Crippen molar-refractivity contribution in [3.8, 4) is 0 Å². The van der Waals surface area contributed by atoms with Gasteiger partial charge in [0.1, 0.15) is 0 Å². The van der Waals surface area contributed by atoms with Crippen molar-refractivity contribution in [1.29, 1.82) is 0 Å². The predicted molar refractivity (Wildman–Crippen MR) is 81.9 cm³/mol. The molecule has 0 radical (unpaired) electrons. The van der Waals surface area contributed by atoms with E-state index in [0.717, 1.165) is 19.3 Å². The van der Waals surface area contributed by atoms with Crippen molar-refractivity contribution in [3.63, 3.8) is 0 Å². The Morgan fingerprint density at radius 3 is 2.09 bits per heavy atom. The smallest absolute Gasteiger partial charge is 0.359 e. The quantitative estimate of drug-likeness (QED) is 0.497. The molecule has 0 bridgehead atoms. The number of nitrogens with zero attached hydrogens (tertiary/aromatic N) is 2. The molecule has 0 amide bonds. The third-order valence-corrected chi connectivity index (χ3v) is 3.33. The third-order valence-electron chi connectivity index (χ3n) is 3.33. The molecular weight excluding hydrogens is 284 g/mol. The van der Waals surface area contributed by atoms with E-state index < -0.39 is 11.9 Å². The molecular formula is C16H24N2O4. The standard InChI is InChI=1S/C16H24N2O4/c1-2-3-4-5-6-7-8-9-12-22-16(21)14-13(15(19)20)17-10-11-18-14/h10-11H,2-9,12H2,1H3,(H,19,20). The fourth-order valence-electron chi connectivity index (χ4n) is 2.11. The molecule has 0 saturated heterocycles. The number of hydrogen-bond acceptors (Lipinski definition) is 5. The van der Waals surface area contributed by atoms with Crippen LogP contribution in [0.3, 0.4) is 0 Å². The molecule has 6 nitrogen and oxygen atoms in total. The summed E-state index contributed by atoms with van der Waals surface area (Å²) in [7, 11) is 0. The molecule has 0 spiro atoms. The van der Waals surface area contributed by atoms with Gasteiger partial charge in [-0.05, 0) is 6.42 Å². The molecule has 0 aliphatic heterocycles. The lowest BCUT2D eigenvalue weighted by Gasteiger charge is -2.06. The molecule has 1 aromatic rings. The van der Waals surface area contributed by atoms with Gasteiger partial charge in [-0.15, -0.1) is 0 Å². The zero-order chi connectivity index (χ0) is 16.2. The Balaban J connectivity index is 2.20. The molecule has 0 saturated carbocycles. The fraction of sp³-hybridized carbons (Fsp3) is 0.625. The van der Waals surface area contributed by atoms with Crippen LogP contribution in [0.4, 0.5) is 0 Å². The summed E-state index contributed by atoms with van der Waals surface area (Å²) in [5.41, 5.74) is -0.613. The van der Waals surface area contributed by atoms with Crippen molar-refractivity contribution >= 4 is 11.9 Å². The Bertz CT molecular complexity index is 477. The highest BCUT2D eigenvalue weighted by molar-refractivity contribution is 5.99. The summed E-state index contributed by atoms with van der Waals surface area (Å²) in [6.07, 6.45) is 11.7. The molecule has 0 aromatic carbocycles. The second-order valence-electron chi connectivity index (χ2n) is 5.17. The van der Waals surface area contributed by atoms with E-state index in [4.69, 9.17) is 9.84 Å². The SMILES string of the molecule is CCCCCCCCCCOC(=O)c1nccnc1C(=O)O. The average Bonchev–Trinajstić information content (AvgIpc) is 2.53. The van der Waals surface area contributed by atoms with Gasteiger partial charge in [0.05, 0.1) is 6.61 Å². The van der Waals surface area contributed by atoms with Gasteiger partial charge in [-0.2, -0.15) is 0 Å². The second-order valence-corrected chi connectivity index (χ2v) is 5.17. The van der Waals surface area contributed by atoms with Crippen LogP contribution in [0.25, 0.3) is 0 Å². The van der Waals surface area contributed by atoms with E-state index >= 15 is 0 Å². The first-order valence-corrected chi connectivity index (χ1v) is 7.88. The molecule has 6 heteroatoms. The van der Waals surface area contributed by atoms with Crippen molar-refractivity contribution in [2.75, 3.05) is 6.61 Å². The maximum Gasteiger partial charge on any atom is 0.359 e. The van der Waals surface area contributed by atoms with E-state index in [2.05, 4.69) is 16.9 Å². The van der Waals surface area contributed by atoms with Crippen LogP contribution >= 0.6 is 0 Å². The number of unbranched alkanes of at least 4 members (excludes halogenated alkanes) is 7. The monoisotopic (exact) mass is 308 g/mol. The summed E-state index contributed by atoms with van der Waals surface area (Å²) >= 11 is 0. The van der Waals surface area contributed by atoms with E-state index in [1.165, 1.54) is 44.5 Å². The minimum atomic E-state index is -1.29. The molecule has 1 aromatic heterocycles. The van der Waals surface area contributed by atoms with Gasteiger partial charge in [0, 0.05) is 12.4 Å². The maximum atomic E-state index is 11.8. The Hall–Kier alpha value is -1.98. The summed E-state index contributed by atoms with van der Waals surface area (Å²) < 4.78 is 5.06. The number of carbonyl (C=O) groups excluding carboxylic acids is 1. The molecule has 1 rings (SSSR count). The van der Waals surface area contributed by atoms with E-state index in [9.17, 15) is 9.59 Å². The first-order chi connectivity index (χ1) is 10.7. The first-order valence-electron chi connectivity index (χ1n) is 7.88. The van der Waals surface area contributed by atoms with E-state index in [1.54, 1.807) is 0 Å². The highest BCUT2D eigenvalue weighted by Crippen LogP contribution is 2.09. The first kappa shape index (κ1) is 18.1. The van der Waals surface area contributed by atoms with Gasteiger partial charge < -0.3 is 9.84 Å². The molecule has 0 unspecified atom stereocenters. The van der Waals surface area contributed by atoms with Crippen molar-refractivity contribution < 1.29 is 19.4 Å². The number of hydrogen-bond donors (Lipinski definition) is 1. The molecule has 0 aliphatic rings.